The zero-order valence-corrected chi connectivity index (χ0v) is 16.1. The summed E-state index contributed by atoms with van der Waals surface area (Å²) in [6.07, 6.45) is 4.08. The third kappa shape index (κ3) is 4.79. The van der Waals surface area contributed by atoms with Gasteiger partial charge in [-0.05, 0) is 31.5 Å². The number of halogens is 1. The molecule has 2 aromatic rings. The Bertz CT molecular complexity index is 853. The predicted molar refractivity (Wildman–Crippen MR) is 106 cm³/mol. The van der Waals surface area contributed by atoms with Crippen LogP contribution < -0.4 is 15.5 Å². The van der Waals surface area contributed by atoms with Gasteiger partial charge in [0, 0.05) is 45.8 Å². The van der Waals surface area contributed by atoms with Gasteiger partial charge in [-0.1, -0.05) is 0 Å². The van der Waals surface area contributed by atoms with E-state index in [9.17, 15) is 14.0 Å². The van der Waals surface area contributed by atoms with Gasteiger partial charge in [0.05, 0.1) is 23.3 Å². The zero-order chi connectivity index (χ0) is 20.1. The molecular formula is C19H25FN6O2. The Hall–Kier alpha value is -3.10. The standard InChI is InChI=1S/C19H25FN6O2/c1-3-26-13-16(12-21-26)22-19(28)23-17-11-15(20)5-6-18(17)25-8-4-7-24(9-10-25)14(2)27/h5-6,11-13H,3-4,7-10H2,1-2H3,(H2,22,23,28). The number of rotatable bonds is 4. The summed E-state index contributed by atoms with van der Waals surface area (Å²) in [6, 6.07) is 3.86. The highest BCUT2D eigenvalue weighted by Gasteiger charge is 2.20. The average Bonchev–Trinajstić information content (AvgIpc) is 2.95. The van der Waals surface area contributed by atoms with Gasteiger partial charge in [0.25, 0.3) is 0 Å². The Labute approximate surface area is 163 Å². The molecule has 0 aliphatic carbocycles. The smallest absolute Gasteiger partial charge is 0.323 e. The average molecular weight is 388 g/mol. The summed E-state index contributed by atoms with van der Waals surface area (Å²) in [5.41, 5.74) is 1.67. The number of aryl methyl sites for hydroxylation is 1. The third-order valence-electron chi connectivity index (χ3n) is 4.70. The van der Waals surface area contributed by atoms with Crippen LogP contribution in [0.2, 0.25) is 0 Å². The van der Waals surface area contributed by atoms with Crippen molar-refractivity contribution in [1.29, 1.82) is 0 Å². The lowest BCUT2D eigenvalue weighted by Crippen LogP contribution is -2.34. The van der Waals surface area contributed by atoms with Crippen molar-refractivity contribution >= 4 is 29.0 Å². The maximum absolute atomic E-state index is 13.8. The van der Waals surface area contributed by atoms with E-state index >= 15 is 0 Å². The van der Waals surface area contributed by atoms with Crippen molar-refractivity contribution in [3.8, 4) is 0 Å². The largest absolute Gasteiger partial charge is 0.368 e. The number of urea groups is 1. The predicted octanol–water partition coefficient (Wildman–Crippen LogP) is 2.74. The van der Waals surface area contributed by atoms with E-state index in [4.69, 9.17) is 0 Å². The van der Waals surface area contributed by atoms with E-state index in [2.05, 4.69) is 20.6 Å². The van der Waals surface area contributed by atoms with Crippen molar-refractivity contribution in [2.75, 3.05) is 41.7 Å². The van der Waals surface area contributed by atoms with Gasteiger partial charge in [-0.2, -0.15) is 5.10 Å². The molecule has 150 valence electrons. The maximum Gasteiger partial charge on any atom is 0.323 e. The van der Waals surface area contributed by atoms with E-state index in [-0.39, 0.29) is 5.91 Å². The van der Waals surface area contributed by atoms with Gasteiger partial charge in [-0.3, -0.25) is 9.48 Å². The highest BCUT2D eigenvalue weighted by molar-refractivity contribution is 6.01. The van der Waals surface area contributed by atoms with Crippen molar-refractivity contribution in [3.63, 3.8) is 0 Å². The normalized spacial score (nSPS) is 14.5. The number of anilines is 3. The number of aromatic nitrogens is 2. The van der Waals surface area contributed by atoms with Gasteiger partial charge in [0.15, 0.2) is 0 Å². The minimum absolute atomic E-state index is 0.0475. The van der Waals surface area contributed by atoms with Gasteiger partial charge in [-0.15, -0.1) is 0 Å². The molecule has 0 unspecified atom stereocenters. The number of hydrogen-bond acceptors (Lipinski definition) is 4. The van der Waals surface area contributed by atoms with E-state index in [0.29, 0.717) is 37.6 Å². The Kier molecular flexibility index (Phi) is 6.13. The molecule has 0 bridgehead atoms. The van der Waals surface area contributed by atoms with Crippen LogP contribution in [-0.4, -0.2) is 52.8 Å². The molecule has 3 amide bonds. The number of benzene rings is 1. The van der Waals surface area contributed by atoms with Crippen LogP contribution >= 0.6 is 0 Å². The number of nitrogens with zero attached hydrogens (tertiary/aromatic N) is 4. The highest BCUT2D eigenvalue weighted by Crippen LogP contribution is 2.28. The second-order valence-corrected chi connectivity index (χ2v) is 6.67. The van der Waals surface area contributed by atoms with Gasteiger partial charge < -0.3 is 20.4 Å². The summed E-state index contributed by atoms with van der Waals surface area (Å²) in [4.78, 5) is 27.9. The lowest BCUT2D eigenvalue weighted by molar-refractivity contribution is -0.128. The lowest BCUT2D eigenvalue weighted by Gasteiger charge is -2.26. The Morgan fingerprint density at radius 3 is 2.71 bits per heavy atom. The van der Waals surface area contributed by atoms with Crippen molar-refractivity contribution in [2.45, 2.75) is 26.8 Å². The van der Waals surface area contributed by atoms with E-state index in [0.717, 1.165) is 18.7 Å². The highest BCUT2D eigenvalue weighted by atomic mass is 19.1. The third-order valence-corrected chi connectivity index (χ3v) is 4.70. The van der Waals surface area contributed by atoms with E-state index in [1.807, 2.05) is 6.92 Å². The van der Waals surface area contributed by atoms with Crippen molar-refractivity contribution in [3.05, 3.63) is 36.4 Å². The van der Waals surface area contributed by atoms with Crippen LogP contribution in [0.5, 0.6) is 0 Å². The monoisotopic (exact) mass is 388 g/mol. The van der Waals surface area contributed by atoms with Gasteiger partial charge in [0.2, 0.25) is 5.91 Å². The molecule has 0 atom stereocenters. The molecule has 8 nitrogen and oxygen atoms in total. The number of amides is 3. The molecule has 2 heterocycles. The molecule has 2 N–H and O–H groups in total. The Balaban J connectivity index is 1.73. The SMILES string of the molecule is CCn1cc(NC(=O)Nc2cc(F)ccc2N2CCCN(C(C)=O)CC2)cn1. The molecule has 1 aromatic carbocycles. The molecule has 3 rings (SSSR count). The topological polar surface area (TPSA) is 82.5 Å². The summed E-state index contributed by atoms with van der Waals surface area (Å²) >= 11 is 0. The second-order valence-electron chi connectivity index (χ2n) is 6.67. The minimum atomic E-state index is -0.470. The maximum atomic E-state index is 13.8. The van der Waals surface area contributed by atoms with Crippen LogP contribution in [0.4, 0.5) is 26.2 Å². The first-order valence-electron chi connectivity index (χ1n) is 9.36. The fraction of sp³-hybridized carbons (Fsp3) is 0.421. The summed E-state index contributed by atoms with van der Waals surface area (Å²) in [7, 11) is 0. The number of nitrogens with one attached hydrogen (secondary N) is 2. The van der Waals surface area contributed by atoms with E-state index in [1.54, 1.807) is 35.0 Å². The molecular weight excluding hydrogens is 363 g/mol. The summed E-state index contributed by atoms with van der Waals surface area (Å²) in [5, 5.41) is 9.54. The Morgan fingerprint density at radius 2 is 2.00 bits per heavy atom. The number of carbonyl (C=O) groups is 2. The summed E-state index contributed by atoms with van der Waals surface area (Å²) in [6.45, 7) is 6.82. The minimum Gasteiger partial charge on any atom is -0.368 e. The molecule has 1 aliphatic rings. The molecule has 1 aliphatic heterocycles. The molecule has 28 heavy (non-hydrogen) atoms. The van der Waals surface area contributed by atoms with Crippen LogP contribution in [0.15, 0.2) is 30.6 Å². The molecule has 1 aromatic heterocycles. The van der Waals surface area contributed by atoms with Crippen molar-refractivity contribution < 1.29 is 14.0 Å². The Morgan fingerprint density at radius 1 is 1.18 bits per heavy atom. The van der Waals surface area contributed by atoms with Crippen LogP contribution in [0.3, 0.4) is 0 Å². The van der Waals surface area contributed by atoms with Gasteiger partial charge in [0.1, 0.15) is 5.82 Å². The second kappa shape index (κ2) is 8.73. The van der Waals surface area contributed by atoms with E-state index in [1.165, 1.54) is 12.1 Å². The quantitative estimate of drug-likeness (QED) is 0.844. The zero-order valence-electron chi connectivity index (χ0n) is 16.1. The molecule has 0 spiro atoms. The first-order valence-corrected chi connectivity index (χ1v) is 9.36. The molecule has 0 saturated carbocycles. The van der Waals surface area contributed by atoms with Crippen LogP contribution in [0.25, 0.3) is 0 Å². The lowest BCUT2D eigenvalue weighted by atomic mass is 10.2. The molecule has 1 fully saturated rings. The fourth-order valence-electron chi connectivity index (χ4n) is 3.24. The first kappa shape index (κ1) is 19.7. The molecule has 1 saturated heterocycles. The van der Waals surface area contributed by atoms with E-state index < -0.39 is 11.8 Å². The van der Waals surface area contributed by atoms with Gasteiger partial charge in [-0.25, -0.2) is 9.18 Å². The van der Waals surface area contributed by atoms with Crippen LogP contribution in [0.1, 0.15) is 20.3 Å². The molecule has 0 radical (unpaired) electrons. The number of carbonyl (C=O) groups excluding carboxylic acids is 2. The van der Waals surface area contributed by atoms with Crippen LogP contribution in [0, 0.1) is 5.82 Å². The van der Waals surface area contributed by atoms with Crippen molar-refractivity contribution in [1.82, 2.24) is 14.7 Å². The fourth-order valence-corrected chi connectivity index (χ4v) is 3.24. The number of hydrogen-bond donors (Lipinski definition) is 2. The first-order chi connectivity index (χ1) is 13.5. The summed E-state index contributed by atoms with van der Waals surface area (Å²) in [5.74, 6) is -0.385. The van der Waals surface area contributed by atoms with Crippen molar-refractivity contribution in [2.24, 2.45) is 0 Å². The van der Waals surface area contributed by atoms with Gasteiger partial charge >= 0.3 is 6.03 Å². The summed E-state index contributed by atoms with van der Waals surface area (Å²) < 4.78 is 15.5. The molecule has 9 heteroatoms. The van der Waals surface area contributed by atoms with Crippen LogP contribution in [-0.2, 0) is 11.3 Å².